The molecule has 0 heterocycles. The number of rotatable bonds is 4. The molecule has 0 radical (unpaired) electrons. The van der Waals surface area contributed by atoms with Gasteiger partial charge in [0.05, 0.1) is 6.61 Å². The summed E-state index contributed by atoms with van der Waals surface area (Å²) >= 11 is 0. The van der Waals surface area contributed by atoms with Gasteiger partial charge in [-0.05, 0) is 47.7 Å². The molecule has 2 amide bonds. The van der Waals surface area contributed by atoms with Crippen LogP contribution in [0.3, 0.4) is 0 Å². The molecular weight excluding hydrogens is 276 g/mol. The highest BCUT2D eigenvalue weighted by atomic mass is 16.3. The van der Waals surface area contributed by atoms with E-state index in [0.717, 1.165) is 12.1 Å². The van der Waals surface area contributed by atoms with E-state index in [1.807, 2.05) is 19.1 Å². The van der Waals surface area contributed by atoms with Gasteiger partial charge in [-0.25, -0.2) is 4.79 Å². The lowest BCUT2D eigenvalue weighted by molar-refractivity contribution is 0.192. The zero-order chi connectivity index (χ0) is 15.5. The molecule has 1 aliphatic rings. The molecule has 114 valence electrons. The first-order valence-corrected chi connectivity index (χ1v) is 7.61. The molecule has 0 spiro atoms. The summed E-state index contributed by atoms with van der Waals surface area (Å²) in [4.78, 5) is 13.7. The maximum absolute atomic E-state index is 12.2. The number of urea groups is 1. The summed E-state index contributed by atoms with van der Waals surface area (Å²) in [7, 11) is 0. The Hall–Kier alpha value is -2.33. The van der Waals surface area contributed by atoms with Crippen molar-refractivity contribution in [2.24, 2.45) is 0 Å². The van der Waals surface area contributed by atoms with E-state index in [9.17, 15) is 4.79 Å². The van der Waals surface area contributed by atoms with Crippen molar-refractivity contribution < 1.29 is 9.90 Å². The highest BCUT2D eigenvalue weighted by molar-refractivity contribution is 5.90. The predicted octanol–water partition coefficient (Wildman–Crippen LogP) is 3.10. The van der Waals surface area contributed by atoms with Crippen LogP contribution in [0.4, 0.5) is 10.5 Å². The van der Waals surface area contributed by atoms with E-state index in [1.54, 1.807) is 4.90 Å². The van der Waals surface area contributed by atoms with Gasteiger partial charge in [0.25, 0.3) is 0 Å². The number of hydrogen-bond donors (Lipinski definition) is 2. The number of amides is 2. The van der Waals surface area contributed by atoms with Crippen LogP contribution in [0.5, 0.6) is 0 Å². The SMILES string of the molecule is CCN(CCO)C(=O)Nc1ccc2c(c1)Cc1ccccc1-2. The second-order valence-electron chi connectivity index (χ2n) is 5.44. The average molecular weight is 296 g/mol. The summed E-state index contributed by atoms with van der Waals surface area (Å²) in [6.45, 7) is 2.79. The fourth-order valence-electron chi connectivity index (χ4n) is 2.95. The Balaban J connectivity index is 1.78. The Bertz CT molecular complexity index is 697. The molecule has 0 saturated carbocycles. The maximum Gasteiger partial charge on any atom is 0.321 e. The van der Waals surface area contributed by atoms with Gasteiger partial charge in [0.1, 0.15) is 0 Å². The predicted molar refractivity (Wildman–Crippen MR) is 88.0 cm³/mol. The third kappa shape index (κ3) is 2.70. The number of carbonyl (C=O) groups is 1. The third-order valence-electron chi connectivity index (χ3n) is 4.08. The molecule has 0 unspecified atom stereocenters. The quantitative estimate of drug-likeness (QED) is 0.777. The lowest BCUT2D eigenvalue weighted by atomic mass is 10.1. The van der Waals surface area contributed by atoms with Gasteiger partial charge >= 0.3 is 6.03 Å². The maximum atomic E-state index is 12.2. The van der Waals surface area contributed by atoms with Crippen molar-refractivity contribution in [2.45, 2.75) is 13.3 Å². The lowest BCUT2D eigenvalue weighted by Gasteiger charge is -2.20. The van der Waals surface area contributed by atoms with Gasteiger partial charge in [0.15, 0.2) is 0 Å². The molecule has 0 atom stereocenters. The molecule has 22 heavy (non-hydrogen) atoms. The lowest BCUT2D eigenvalue weighted by Crippen LogP contribution is -2.36. The number of nitrogens with zero attached hydrogens (tertiary/aromatic N) is 1. The Kier molecular flexibility index (Phi) is 4.11. The first kappa shape index (κ1) is 14.6. The standard InChI is InChI=1S/C18H20N2O2/c1-2-20(9-10-21)18(22)19-15-7-8-17-14(12-15)11-13-5-3-4-6-16(13)17/h3-8,12,21H,2,9-11H2,1H3,(H,19,22). The van der Waals surface area contributed by atoms with E-state index < -0.39 is 0 Å². The largest absolute Gasteiger partial charge is 0.395 e. The summed E-state index contributed by atoms with van der Waals surface area (Å²) in [6, 6.07) is 14.3. The number of aliphatic hydroxyl groups excluding tert-OH is 1. The molecule has 0 saturated heterocycles. The normalized spacial score (nSPS) is 11.7. The van der Waals surface area contributed by atoms with E-state index in [2.05, 4.69) is 35.6 Å². The van der Waals surface area contributed by atoms with Crippen LogP contribution in [0.1, 0.15) is 18.1 Å². The van der Waals surface area contributed by atoms with E-state index in [4.69, 9.17) is 5.11 Å². The Morgan fingerprint density at radius 2 is 1.95 bits per heavy atom. The monoisotopic (exact) mass is 296 g/mol. The van der Waals surface area contributed by atoms with E-state index in [-0.39, 0.29) is 12.6 Å². The van der Waals surface area contributed by atoms with Crippen molar-refractivity contribution >= 4 is 11.7 Å². The van der Waals surface area contributed by atoms with E-state index in [1.165, 1.54) is 22.3 Å². The molecule has 4 nitrogen and oxygen atoms in total. The minimum Gasteiger partial charge on any atom is -0.395 e. The molecule has 0 bridgehead atoms. The number of benzene rings is 2. The van der Waals surface area contributed by atoms with Crippen LogP contribution < -0.4 is 5.32 Å². The van der Waals surface area contributed by atoms with Crippen molar-refractivity contribution in [3.63, 3.8) is 0 Å². The molecule has 4 heteroatoms. The van der Waals surface area contributed by atoms with Crippen molar-refractivity contribution in [3.8, 4) is 11.1 Å². The Labute approximate surface area is 130 Å². The molecule has 2 N–H and O–H groups in total. The van der Waals surface area contributed by atoms with Crippen LogP contribution in [0.15, 0.2) is 42.5 Å². The summed E-state index contributed by atoms with van der Waals surface area (Å²) in [5, 5.41) is 11.9. The highest BCUT2D eigenvalue weighted by Crippen LogP contribution is 2.37. The molecule has 0 aromatic heterocycles. The fraction of sp³-hybridized carbons (Fsp3) is 0.278. The average Bonchev–Trinajstić information content (AvgIpc) is 2.90. The van der Waals surface area contributed by atoms with Crippen molar-refractivity contribution in [2.75, 3.05) is 25.0 Å². The highest BCUT2D eigenvalue weighted by Gasteiger charge is 2.18. The molecule has 0 aliphatic heterocycles. The minimum absolute atomic E-state index is 0.0270. The van der Waals surface area contributed by atoms with Gasteiger partial charge in [-0.1, -0.05) is 30.3 Å². The first-order valence-electron chi connectivity index (χ1n) is 7.61. The zero-order valence-electron chi connectivity index (χ0n) is 12.7. The fourth-order valence-corrected chi connectivity index (χ4v) is 2.95. The molecule has 0 fully saturated rings. The van der Waals surface area contributed by atoms with Crippen LogP contribution in [-0.4, -0.2) is 35.7 Å². The summed E-state index contributed by atoms with van der Waals surface area (Å²) in [5.74, 6) is 0. The van der Waals surface area contributed by atoms with Crippen LogP contribution in [0, 0.1) is 0 Å². The van der Waals surface area contributed by atoms with Crippen molar-refractivity contribution in [1.29, 1.82) is 0 Å². The van der Waals surface area contributed by atoms with Gasteiger partial charge in [-0.15, -0.1) is 0 Å². The number of fused-ring (bicyclic) bond motifs is 3. The zero-order valence-corrected chi connectivity index (χ0v) is 12.7. The number of carbonyl (C=O) groups excluding carboxylic acids is 1. The Morgan fingerprint density at radius 3 is 2.73 bits per heavy atom. The smallest absolute Gasteiger partial charge is 0.321 e. The number of hydrogen-bond acceptors (Lipinski definition) is 2. The van der Waals surface area contributed by atoms with Gasteiger partial charge in [0, 0.05) is 18.8 Å². The van der Waals surface area contributed by atoms with Crippen molar-refractivity contribution in [1.82, 2.24) is 4.90 Å². The van der Waals surface area contributed by atoms with Crippen LogP contribution >= 0.6 is 0 Å². The molecular formula is C18H20N2O2. The van der Waals surface area contributed by atoms with Gasteiger partial charge in [-0.3, -0.25) is 0 Å². The molecule has 2 aromatic rings. The van der Waals surface area contributed by atoms with E-state index in [0.29, 0.717) is 13.1 Å². The summed E-state index contributed by atoms with van der Waals surface area (Å²) in [5.41, 5.74) is 5.90. The van der Waals surface area contributed by atoms with E-state index >= 15 is 0 Å². The minimum atomic E-state index is -0.174. The number of nitrogens with one attached hydrogen (secondary N) is 1. The number of anilines is 1. The second-order valence-corrected chi connectivity index (χ2v) is 5.44. The third-order valence-corrected chi connectivity index (χ3v) is 4.08. The summed E-state index contributed by atoms with van der Waals surface area (Å²) in [6.07, 6.45) is 0.906. The van der Waals surface area contributed by atoms with Gasteiger partial charge in [0.2, 0.25) is 0 Å². The van der Waals surface area contributed by atoms with Gasteiger partial charge < -0.3 is 15.3 Å². The number of aliphatic hydroxyl groups is 1. The topological polar surface area (TPSA) is 52.6 Å². The second kappa shape index (κ2) is 6.20. The molecule has 1 aliphatic carbocycles. The van der Waals surface area contributed by atoms with Crippen LogP contribution in [0.2, 0.25) is 0 Å². The number of likely N-dealkylation sites (N-methyl/N-ethyl adjacent to an activating group) is 1. The molecule has 3 rings (SSSR count). The Morgan fingerprint density at radius 1 is 1.18 bits per heavy atom. The van der Waals surface area contributed by atoms with Crippen LogP contribution in [-0.2, 0) is 6.42 Å². The summed E-state index contributed by atoms with van der Waals surface area (Å²) < 4.78 is 0. The molecule has 2 aromatic carbocycles. The van der Waals surface area contributed by atoms with Crippen molar-refractivity contribution in [3.05, 3.63) is 53.6 Å². The first-order chi connectivity index (χ1) is 10.7. The van der Waals surface area contributed by atoms with Gasteiger partial charge in [-0.2, -0.15) is 0 Å². The van der Waals surface area contributed by atoms with Crippen LogP contribution in [0.25, 0.3) is 11.1 Å².